The zero-order valence-electron chi connectivity index (χ0n) is 11.6. The van der Waals surface area contributed by atoms with Gasteiger partial charge in [-0.3, -0.25) is 9.20 Å². The normalized spacial score (nSPS) is 39.5. The van der Waals surface area contributed by atoms with Crippen LogP contribution in [0.1, 0.15) is 12.5 Å². The summed E-state index contributed by atoms with van der Waals surface area (Å²) in [6.45, 7) is 1.80. The van der Waals surface area contributed by atoms with Gasteiger partial charge in [-0.05, 0) is 13.0 Å². The van der Waals surface area contributed by atoms with E-state index in [0.717, 1.165) is 0 Å². The Kier molecular flexibility index (Phi) is 3.38. The number of nitrogens with zero attached hydrogens (tertiary/aromatic N) is 1. The molecule has 5 nitrogen and oxygen atoms in total. The summed E-state index contributed by atoms with van der Waals surface area (Å²) in [6, 6.07) is 6.23. The van der Waals surface area contributed by atoms with Gasteiger partial charge in [0, 0.05) is 5.56 Å². The van der Waals surface area contributed by atoms with Crippen molar-refractivity contribution in [1.29, 1.82) is 0 Å². The highest BCUT2D eigenvalue weighted by molar-refractivity contribution is 7.87. The number of halogens is 1. The van der Waals surface area contributed by atoms with E-state index in [4.69, 9.17) is 10.5 Å². The second kappa shape index (κ2) is 4.86. The third-order valence-electron chi connectivity index (χ3n) is 4.28. The number of hydrogen-bond donors (Lipinski definition) is 2. The van der Waals surface area contributed by atoms with Crippen LogP contribution >= 0.6 is 0 Å². The van der Waals surface area contributed by atoms with Crippen LogP contribution in [0, 0.1) is 11.7 Å². The van der Waals surface area contributed by atoms with Gasteiger partial charge >= 0.3 is 0 Å². The Labute approximate surface area is 124 Å². The van der Waals surface area contributed by atoms with Crippen LogP contribution in [0.15, 0.2) is 29.3 Å². The van der Waals surface area contributed by atoms with Crippen LogP contribution in [0.5, 0.6) is 0 Å². The van der Waals surface area contributed by atoms with Crippen molar-refractivity contribution < 1.29 is 18.4 Å². The molecule has 3 rings (SSSR count). The summed E-state index contributed by atoms with van der Waals surface area (Å²) in [7, 11) is -1.63. The molecule has 2 heterocycles. The molecule has 1 aromatic carbocycles. The highest BCUT2D eigenvalue weighted by atomic mass is 32.2. The zero-order valence-corrected chi connectivity index (χ0v) is 12.4. The van der Waals surface area contributed by atoms with Gasteiger partial charge in [-0.15, -0.1) is 0 Å². The summed E-state index contributed by atoms with van der Waals surface area (Å²) in [6.07, 6.45) is 0. The van der Waals surface area contributed by atoms with Crippen LogP contribution in [0.4, 0.5) is 4.39 Å². The number of benzene rings is 1. The second-order valence-corrected chi connectivity index (χ2v) is 7.32. The summed E-state index contributed by atoms with van der Waals surface area (Å²) in [5, 5.41) is 10.8. The van der Waals surface area contributed by atoms with E-state index >= 15 is 0 Å². The first-order valence-electron chi connectivity index (χ1n) is 6.66. The molecule has 114 valence electrons. The van der Waals surface area contributed by atoms with E-state index in [1.54, 1.807) is 25.1 Å². The number of hydrogen-bond acceptors (Lipinski definition) is 5. The van der Waals surface area contributed by atoms with E-state index in [9.17, 15) is 13.7 Å². The molecule has 2 aliphatic heterocycles. The SMILES string of the molecule is CC1(c2ccccc2F)N=C(N)CS(=O)[C@@]2(O)COCC12. The summed E-state index contributed by atoms with van der Waals surface area (Å²) in [4.78, 5) is 2.83. The third-order valence-corrected chi connectivity index (χ3v) is 6.03. The van der Waals surface area contributed by atoms with Gasteiger partial charge in [-0.25, -0.2) is 4.39 Å². The number of amidine groups is 1. The van der Waals surface area contributed by atoms with Gasteiger partial charge in [-0.2, -0.15) is 0 Å². The first kappa shape index (κ1) is 14.6. The van der Waals surface area contributed by atoms with Gasteiger partial charge in [0.05, 0.1) is 41.2 Å². The van der Waals surface area contributed by atoms with Crippen LogP contribution in [0.2, 0.25) is 0 Å². The lowest BCUT2D eigenvalue weighted by molar-refractivity contribution is 0.0606. The molecule has 3 unspecified atom stereocenters. The maximum Gasteiger partial charge on any atom is 0.170 e. The van der Waals surface area contributed by atoms with Gasteiger partial charge < -0.3 is 15.6 Å². The molecule has 2 aliphatic rings. The van der Waals surface area contributed by atoms with Crippen molar-refractivity contribution in [3.63, 3.8) is 0 Å². The molecule has 0 radical (unpaired) electrons. The maximum atomic E-state index is 14.2. The minimum Gasteiger partial charge on any atom is -0.387 e. The minimum absolute atomic E-state index is 0.0413. The van der Waals surface area contributed by atoms with E-state index in [1.165, 1.54) is 6.07 Å². The Hall–Kier alpha value is -1.31. The smallest absolute Gasteiger partial charge is 0.170 e. The molecule has 0 aliphatic carbocycles. The monoisotopic (exact) mass is 312 g/mol. The predicted octanol–water partition coefficient (Wildman–Crippen LogP) is 0.495. The lowest BCUT2D eigenvalue weighted by atomic mass is 9.77. The van der Waals surface area contributed by atoms with E-state index in [2.05, 4.69) is 4.99 Å². The first-order chi connectivity index (χ1) is 9.88. The third kappa shape index (κ3) is 2.11. The standard InChI is InChI=1S/C14H17FN2O3S/c1-13(9-4-2-3-5-10(9)15)11-6-20-8-14(11,18)21(19)7-12(16)17-13/h2-5,11,18H,6-8H2,1H3,(H2,16,17)/t11?,13?,14-,21?/m0/s1. The Balaban J connectivity index is 2.21. The van der Waals surface area contributed by atoms with Gasteiger partial charge in [0.2, 0.25) is 0 Å². The summed E-state index contributed by atoms with van der Waals surface area (Å²) < 4.78 is 31.9. The van der Waals surface area contributed by atoms with Crippen molar-refractivity contribution in [2.75, 3.05) is 19.0 Å². The summed E-state index contributed by atoms with van der Waals surface area (Å²) >= 11 is 0. The molecular formula is C14H17FN2O3S. The maximum absolute atomic E-state index is 14.2. The van der Waals surface area contributed by atoms with Crippen molar-refractivity contribution in [2.45, 2.75) is 17.4 Å². The molecule has 0 bridgehead atoms. The fourth-order valence-electron chi connectivity index (χ4n) is 3.17. The molecule has 1 fully saturated rings. The molecule has 0 spiro atoms. The topological polar surface area (TPSA) is 84.9 Å². The Morgan fingerprint density at radius 2 is 2.24 bits per heavy atom. The molecule has 7 heteroatoms. The fourth-order valence-corrected chi connectivity index (χ4v) is 4.58. The van der Waals surface area contributed by atoms with E-state index < -0.39 is 33.0 Å². The molecule has 0 amide bonds. The molecular weight excluding hydrogens is 295 g/mol. The number of nitrogens with two attached hydrogens (primary N) is 1. The number of rotatable bonds is 1. The van der Waals surface area contributed by atoms with Crippen molar-refractivity contribution >= 4 is 16.6 Å². The van der Waals surface area contributed by atoms with Crippen LogP contribution in [0.3, 0.4) is 0 Å². The Morgan fingerprint density at radius 1 is 1.52 bits per heavy atom. The quantitative estimate of drug-likeness (QED) is 0.790. The summed E-state index contributed by atoms with van der Waals surface area (Å²) in [5.41, 5.74) is 5.03. The highest BCUT2D eigenvalue weighted by Gasteiger charge is 2.58. The number of aliphatic hydroxyl groups is 1. The van der Waals surface area contributed by atoms with E-state index in [1.807, 2.05) is 0 Å². The molecule has 0 saturated carbocycles. The largest absolute Gasteiger partial charge is 0.387 e. The fraction of sp³-hybridized carbons (Fsp3) is 0.500. The molecule has 3 N–H and O–H groups in total. The molecule has 1 aromatic rings. The van der Waals surface area contributed by atoms with Crippen molar-refractivity contribution in [3.05, 3.63) is 35.6 Å². The number of aliphatic imine (C=N–C) groups is 1. The van der Waals surface area contributed by atoms with Crippen LogP contribution < -0.4 is 5.73 Å². The van der Waals surface area contributed by atoms with Gasteiger partial charge in [-0.1, -0.05) is 18.2 Å². The predicted molar refractivity (Wildman–Crippen MR) is 77.6 cm³/mol. The molecule has 4 atom stereocenters. The van der Waals surface area contributed by atoms with E-state index in [-0.39, 0.29) is 24.8 Å². The molecule has 21 heavy (non-hydrogen) atoms. The minimum atomic E-state index is -1.63. The second-order valence-electron chi connectivity index (χ2n) is 5.63. The van der Waals surface area contributed by atoms with Gasteiger partial charge in [0.15, 0.2) is 4.93 Å². The van der Waals surface area contributed by atoms with Crippen molar-refractivity contribution in [1.82, 2.24) is 0 Å². The Bertz CT molecular complexity index is 638. The van der Waals surface area contributed by atoms with Gasteiger partial charge in [0.1, 0.15) is 11.7 Å². The molecule has 1 saturated heterocycles. The lowest BCUT2D eigenvalue weighted by Crippen LogP contribution is -2.49. The Morgan fingerprint density at radius 3 is 2.95 bits per heavy atom. The van der Waals surface area contributed by atoms with Crippen molar-refractivity contribution in [3.8, 4) is 0 Å². The van der Waals surface area contributed by atoms with E-state index in [0.29, 0.717) is 5.56 Å². The number of fused-ring (bicyclic) bond motifs is 1. The number of ether oxygens (including phenoxy) is 1. The average molecular weight is 312 g/mol. The van der Waals surface area contributed by atoms with Crippen molar-refractivity contribution in [2.24, 2.45) is 16.6 Å². The summed E-state index contributed by atoms with van der Waals surface area (Å²) in [5.74, 6) is -0.940. The lowest BCUT2D eigenvalue weighted by Gasteiger charge is -2.37. The van der Waals surface area contributed by atoms with Crippen LogP contribution in [0.25, 0.3) is 0 Å². The first-order valence-corrected chi connectivity index (χ1v) is 7.97. The zero-order chi connectivity index (χ0) is 15.3. The van der Waals surface area contributed by atoms with Gasteiger partial charge in [0.25, 0.3) is 0 Å². The average Bonchev–Trinajstić information content (AvgIpc) is 2.80. The van der Waals surface area contributed by atoms with Crippen LogP contribution in [-0.4, -0.2) is 39.1 Å². The molecule has 0 aromatic heterocycles. The van der Waals surface area contributed by atoms with Crippen LogP contribution in [-0.2, 0) is 21.1 Å². The highest BCUT2D eigenvalue weighted by Crippen LogP contribution is 2.46.